The second-order valence-corrected chi connectivity index (χ2v) is 4.77. The molecule has 1 aromatic heterocycles. The van der Waals surface area contributed by atoms with Crippen molar-refractivity contribution in [3.05, 3.63) is 64.2 Å². The topological polar surface area (TPSA) is 50.9 Å². The minimum absolute atomic E-state index is 0.135. The van der Waals surface area contributed by atoms with Crippen molar-refractivity contribution >= 4 is 11.6 Å². The maximum Gasteiger partial charge on any atom is 0.142 e. The van der Waals surface area contributed by atoms with Gasteiger partial charge < -0.3 is 0 Å². The molecule has 0 saturated heterocycles. The summed E-state index contributed by atoms with van der Waals surface area (Å²) in [6, 6.07) is 8.39. The second kappa shape index (κ2) is 6.10. The molecular formula is C14H15ClFN3. The summed E-state index contributed by atoms with van der Waals surface area (Å²) in [7, 11) is 0. The third-order valence-electron chi connectivity index (χ3n) is 2.95. The van der Waals surface area contributed by atoms with Crippen molar-refractivity contribution in [3.63, 3.8) is 0 Å². The lowest BCUT2D eigenvalue weighted by molar-refractivity contribution is 0.535. The zero-order chi connectivity index (χ0) is 13.8. The first-order valence-corrected chi connectivity index (χ1v) is 6.31. The van der Waals surface area contributed by atoms with Gasteiger partial charge in [0, 0.05) is 6.20 Å². The van der Waals surface area contributed by atoms with Crippen molar-refractivity contribution in [1.82, 2.24) is 10.4 Å². The van der Waals surface area contributed by atoms with Crippen LogP contribution in [0.2, 0.25) is 5.02 Å². The number of aromatic nitrogens is 1. The predicted octanol–water partition coefficient (Wildman–Crippen LogP) is 2.93. The van der Waals surface area contributed by atoms with Gasteiger partial charge in [-0.05, 0) is 42.7 Å². The van der Waals surface area contributed by atoms with E-state index in [1.54, 1.807) is 18.3 Å². The summed E-state index contributed by atoms with van der Waals surface area (Å²) in [5.74, 6) is 5.14. The van der Waals surface area contributed by atoms with Crippen molar-refractivity contribution in [2.24, 2.45) is 5.84 Å². The van der Waals surface area contributed by atoms with Crippen molar-refractivity contribution in [2.45, 2.75) is 19.4 Å². The third-order valence-corrected chi connectivity index (χ3v) is 3.37. The lowest BCUT2D eigenvalue weighted by atomic mass is 10.0. The molecule has 0 aliphatic rings. The van der Waals surface area contributed by atoms with Gasteiger partial charge in [-0.3, -0.25) is 16.3 Å². The molecule has 3 N–H and O–H groups in total. The van der Waals surface area contributed by atoms with E-state index < -0.39 is 5.82 Å². The quantitative estimate of drug-likeness (QED) is 0.668. The molecule has 5 heteroatoms. The van der Waals surface area contributed by atoms with E-state index in [1.807, 2.05) is 19.1 Å². The average molecular weight is 280 g/mol. The van der Waals surface area contributed by atoms with Gasteiger partial charge in [0.25, 0.3) is 0 Å². The Morgan fingerprint density at radius 3 is 2.89 bits per heavy atom. The molecule has 0 spiro atoms. The van der Waals surface area contributed by atoms with E-state index in [0.717, 1.165) is 11.3 Å². The van der Waals surface area contributed by atoms with E-state index >= 15 is 0 Å². The third kappa shape index (κ3) is 3.29. The predicted molar refractivity (Wildman–Crippen MR) is 74.2 cm³/mol. The van der Waals surface area contributed by atoms with Gasteiger partial charge in [-0.25, -0.2) is 4.39 Å². The van der Waals surface area contributed by atoms with Gasteiger partial charge >= 0.3 is 0 Å². The Balaban J connectivity index is 2.26. The van der Waals surface area contributed by atoms with Crippen LogP contribution in [0.4, 0.5) is 4.39 Å². The Morgan fingerprint density at radius 1 is 1.42 bits per heavy atom. The van der Waals surface area contributed by atoms with Crippen molar-refractivity contribution in [3.8, 4) is 0 Å². The highest BCUT2D eigenvalue weighted by molar-refractivity contribution is 6.31. The molecule has 0 aliphatic carbocycles. The van der Waals surface area contributed by atoms with E-state index in [9.17, 15) is 4.39 Å². The number of hydrogen-bond donors (Lipinski definition) is 2. The van der Waals surface area contributed by atoms with E-state index in [2.05, 4.69) is 10.4 Å². The molecule has 1 atom stereocenters. The lowest BCUT2D eigenvalue weighted by Gasteiger charge is -2.16. The molecule has 0 saturated carbocycles. The number of nitrogens with one attached hydrogen (secondary N) is 1. The Kier molecular flexibility index (Phi) is 4.47. The monoisotopic (exact) mass is 279 g/mol. The number of rotatable bonds is 4. The molecule has 0 aliphatic heterocycles. The molecular weight excluding hydrogens is 265 g/mol. The highest BCUT2D eigenvalue weighted by Crippen LogP contribution is 2.24. The van der Waals surface area contributed by atoms with Crippen LogP contribution in [0.15, 0.2) is 36.5 Å². The van der Waals surface area contributed by atoms with Crippen molar-refractivity contribution in [1.29, 1.82) is 0 Å². The van der Waals surface area contributed by atoms with Crippen LogP contribution in [0.25, 0.3) is 0 Å². The SMILES string of the molecule is Cc1ccnc(C(Cc2cccc(F)c2Cl)NN)c1. The van der Waals surface area contributed by atoms with Gasteiger partial charge in [-0.1, -0.05) is 23.7 Å². The summed E-state index contributed by atoms with van der Waals surface area (Å²) in [6.45, 7) is 1.98. The van der Waals surface area contributed by atoms with E-state index in [0.29, 0.717) is 12.0 Å². The molecule has 0 bridgehead atoms. The minimum Gasteiger partial charge on any atom is -0.271 e. The number of halogens is 2. The molecule has 0 fully saturated rings. The minimum atomic E-state index is -0.424. The maximum absolute atomic E-state index is 13.4. The van der Waals surface area contributed by atoms with Crippen LogP contribution in [-0.2, 0) is 6.42 Å². The summed E-state index contributed by atoms with van der Waals surface area (Å²) in [4.78, 5) is 4.28. The average Bonchev–Trinajstić information content (AvgIpc) is 2.40. The Hall–Kier alpha value is -1.49. The number of aryl methyl sites for hydroxylation is 1. The summed E-state index contributed by atoms with van der Waals surface area (Å²) < 4.78 is 13.4. The van der Waals surface area contributed by atoms with Crippen LogP contribution >= 0.6 is 11.6 Å². The molecule has 100 valence electrons. The fourth-order valence-electron chi connectivity index (χ4n) is 1.93. The Bertz CT molecular complexity index is 574. The van der Waals surface area contributed by atoms with Crippen LogP contribution < -0.4 is 11.3 Å². The Morgan fingerprint density at radius 2 is 2.21 bits per heavy atom. The number of hydrazine groups is 1. The first kappa shape index (κ1) is 13.9. The second-order valence-electron chi connectivity index (χ2n) is 4.39. The number of nitrogens with zero attached hydrogens (tertiary/aromatic N) is 1. The smallest absolute Gasteiger partial charge is 0.142 e. The number of benzene rings is 1. The summed E-state index contributed by atoms with van der Waals surface area (Å²) in [5.41, 5.74) is 5.30. The van der Waals surface area contributed by atoms with Crippen LogP contribution in [0.5, 0.6) is 0 Å². The lowest BCUT2D eigenvalue weighted by Crippen LogP contribution is -2.30. The number of nitrogens with two attached hydrogens (primary N) is 1. The molecule has 19 heavy (non-hydrogen) atoms. The first-order valence-electron chi connectivity index (χ1n) is 5.93. The van der Waals surface area contributed by atoms with Gasteiger partial charge in [0.05, 0.1) is 16.8 Å². The van der Waals surface area contributed by atoms with Gasteiger partial charge in [0.2, 0.25) is 0 Å². The summed E-state index contributed by atoms with van der Waals surface area (Å²) >= 11 is 5.95. The van der Waals surface area contributed by atoms with Gasteiger partial charge in [0.1, 0.15) is 5.82 Å². The van der Waals surface area contributed by atoms with Crippen LogP contribution in [0, 0.1) is 12.7 Å². The molecule has 1 aromatic carbocycles. The number of hydrogen-bond acceptors (Lipinski definition) is 3. The van der Waals surface area contributed by atoms with E-state index in [4.69, 9.17) is 17.4 Å². The van der Waals surface area contributed by atoms with Crippen LogP contribution in [-0.4, -0.2) is 4.98 Å². The fourth-order valence-corrected chi connectivity index (χ4v) is 2.13. The highest BCUT2D eigenvalue weighted by atomic mass is 35.5. The standard InChI is InChI=1S/C14H15ClFN3/c1-9-5-6-18-12(7-9)13(19-17)8-10-3-2-4-11(16)14(10)15/h2-7,13,19H,8,17H2,1H3. The zero-order valence-corrected chi connectivity index (χ0v) is 11.3. The Labute approximate surface area is 116 Å². The van der Waals surface area contributed by atoms with Gasteiger partial charge in [0.15, 0.2) is 0 Å². The van der Waals surface area contributed by atoms with E-state index in [1.165, 1.54) is 6.07 Å². The fraction of sp³-hybridized carbons (Fsp3) is 0.214. The molecule has 2 aromatic rings. The highest BCUT2D eigenvalue weighted by Gasteiger charge is 2.15. The normalized spacial score (nSPS) is 12.4. The largest absolute Gasteiger partial charge is 0.271 e. The van der Waals surface area contributed by atoms with Crippen LogP contribution in [0.3, 0.4) is 0 Å². The molecule has 3 nitrogen and oxygen atoms in total. The van der Waals surface area contributed by atoms with E-state index in [-0.39, 0.29) is 11.1 Å². The number of pyridine rings is 1. The van der Waals surface area contributed by atoms with Crippen molar-refractivity contribution in [2.75, 3.05) is 0 Å². The van der Waals surface area contributed by atoms with Crippen molar-refractivity contribution < 1.29 is 4.39 Å². The van der Waals surface area contributed by atoms with Gasteiger partial charge in [-0.2, -0.15) is 0 Å². The van der Waals surface area contributed by atoms with Crippen LogP contribution in [0.1, 0.15) is 22.9 Å². The molecule has 0 radical (unpaired) electrons. The maximum atomic E-state index is 13.4. The summed E-state index contributed by atoms with van der Waals surface area (Å²) in [5, 5.41) is 0.135. The molecule has 0 amide bonds. The molecule has 1 unspecified atom stereocenters. The first-order chi connectivity index (χ1) is 9.11. The molecule has 2 rings (SSSR count). The summed E-state index contributed by atoms with van der Waals surface area (Å²) in [6.07, 6.45) is 2.20. The zero-order valence-electron chi connectivity index (χ0n) is 10.5. The van der Waals surface area contributed by atoms with Gasteiger partial charge in [-0.15, -0.1) is 0 Å². The molecule has 1 heterocycles.